The molecule has 0 aromatic carbocycles. The Hall–Kier alpha value is -0.470. The summed E-state index contributed by atoms with van der Waals surface area (Å²) >= 11 is 0. The molecule has 4 rings (SSSR count). The summed E-state index contributed by atoms with van der Waals surface area (Å²) in [5, 5.41) is 0. The number of allylic oxidation sites excluding steroid dienone is 1. The standard InChI is InChI=1S/C35H64N2O4S/c1-26(2)11-8-12-27(3)31-15-16-32-30-14-13-28-25-29(17-19-34(28,4)33(30)18-20-35(31,32)5)41-36-21-9-22-37(6,7)23-10-24-42(38,39)40/h13,26-27,29-33,36H,8-12,14-25H2,1-7H3/t27-,29+,30+,31-,32+,33+,34+,35-/m1/s1. The van der Waals surface area contributed by atoms with Gasteiger partial charge in [-0.25, -0.2) is 13.9 Å². The minimum absolute atomic E-state index is 0.252. The summed E-state index contributed by atoms with van der Waals surface area (Å²) in [6.45, 7) is 15.0. The van der Waals surface area contributed by atoms with Gasteiger partial charge in [-0.05, 0) is 97.7 Å². The zero-order chi connectivity index (χ0) is 30.8. The molecule has 3 fully saturated rings. The molecule has 4 aliphatic carbocycles. The summed E-state index contributed by atoms with van der Waals surface area (Å²) in [7, 11) is 0.0666. The van der Waals surface area contributed by atoms with Crippen LogP contribution in [0.1, 0.15) is 118 Å². The predicted octanol–water partition coefficient (Wildman–Crippen LogP) is 7.32. The maximum atomic E-state index is 10.9. The lowest BCUT2D eigenvalue weighted by molar-refractivity contribution is -0.890. The smallest absolute Gasteiger partial charge is 0.0948 e. The van der Waals surface area contributed by atoms with E-state index in [1.807, 2.05) is 0 Å². The van der Waals surface area contributed by atoms with Gasteiger partial charge in [0.15, 0.2) is 0 Å². The third kappa shape index (κ3) is 8.21. The number of rotatable bonds is 15. The lowest BCUT2D eigenvalue weighted by atomic mass is 9.47. The van der Waals surface area contributed by atoms with Crippen LogP contribution < -0.4 is 5.48 Å². The van der Waals surface area contributed by atoms with Gasteiger partial charge < -0.3 is 9.04 Å². The van der Waals surface area contributed by atoms with E-state index < -0.39 is 10.1 Å². The number of hydroxylamine groups is 1. The Morgan fingerprint density at radius 2 is 1.74 bits per heavy atom. The number of nitrogens with one attached hydrogen (secondary N) is 1. The van der Waals surface area contributed by atoms with Crippen LogP contribution in [0.5, 0.6) is 0 Å². The molecule has 0 amide bonds. The van der Waals surface area contributed by atoms with Crippen LogP contribution in [0.3, 0.4) is 0 Å². The third-order valence-electron chi connectivity index (χ3n) is 12.7. The van der Waals surface area contributed by atoms with E-state index in [-0.39, 0.29) is 11.9 Å². The van der Waals surface area contributed by atoms with Crippen molar-refractivity contribution in [2.75, 3.05) is 39.5 Å². The van der Waals surface area contributed by atoms with Gasteiger partial charge in [-0.15, -0.1) is 0 Å². The van der Waals surface area contributed by atoms with Crippen LogP contribution in [-0.4, -0.2) is 63.0 Å². The number of fused-ring (bicyclic) bond motifs is 5. The van der Waals surface area contributed by atoms with Gasteiger partial charge in [-0.1, -0.05) is 65.5 Å². The van der Waals surface area contributed by atoms with Crippen molar-refractivity contribution in [2.24, 2.45) is 46.3 Å². The first-order chi connectivity index (χ1) is 19.6. The van der Waals surface area contributed by atoms with Crippen LogP contribution in [-0.2, 0) is 15.0 Å². The molecule has 0 aliphatic heterocycles. The van der Waals surface area contributed by atoms with Crippen LogP contribution in [0, 0.1) is 46.3 Å². The van der Waals surface area contributed by atoms with Crippen molar-refractivity contribution < 1.29 is 22.3 Å². The van der Waals surface area contributed by atoms with Crippen molar-refractivity contribution in [2.45, 2.75) is 124 Å². The van der Waals surface area contributed by atoms with E-state index in [4.69, 9.17) is 4.84 Å². The first-order valence-electron chi connectivity index (χ1n) is 17.5. The summed E-state index contributed by atoms with van der Waals surface area (Å²) in [5.41, 5.74) is 5.83. The second kappa shape index (κ2) is 13.9. The topological polar surface area (TPSA) is 78.5 Å². The molecule has 0 heterocycles. The molecule has 0 aromatic rings. The highest BCUT2D eigenvalue weighted by molar-refractivity contribution is 7.85. The van der Waals surface area contributed by atoms with Gasteiger partial charge in [0.1, 0.15) is 0 Å². The van der Waals surface area contributed by atoms with Crippen molar-refractivity contribution in [3.05, 3.63) is 11.6 Å². The van der Waals surface area contributed by atoms with Crippen LogP contribution in [0.15, 0.2) is 11.6 Å². The number of hydrogen-bond donors (Lipinski definition) is 1. The molecule has 3 saturated carbocycles. The minimum Gasteiger partial charge on any atom is -0.748 e. The molecule has 6 nitrogen and oxygen atoms in total. The second-order valence-electron chi connectivity index (χ2n) is 16.5. The Morgan fingerprint density at radius 3 is 2.45 bits per heavy atom. The Bertz CT molecular complexity index is 1030. The molecular formula is C35H64N2O4S. The molecule has 244 valence electrons. The molecule has 4 aliphatic rings. The molecule has 0 saturated heterocycles. The lowest BCUT2D eigenvalue weighted by Gasteiger charge is -2.58. The van der Waals surface area contributed by atoms with Crippen LogP contribution in [0.4, 0.5) is 0 Å². The Morgan fingerprint density at radius 1 is 1.00 bits per heavy atom. The molecule has 0 bridgehead atoms. The van der Waals surface area contributed by atoms with E-state index in [1.54, 1.807) is 5.57 Å². The summed E-state index contributed by atoms with van der Waals surface area (Å²) in [6.07, 6.45) is 19.0. The zero-order valence-corrected chi connectivity index (χ0v) is 28.9. The lowest BCUT2D eigenvalue weighted by Crippen LogP contribution is -2.51. The molecular weight excluding hydrogens is 544 g/mol. The first kappa shape index (κ1) is 34.4. The van der Waals surface area contributed by atoms with Crippen molar-refractivity contribution in [1.29, 1.82) is 0 Å². The minimum atomic E-state index is -4.12. The highest BCUT2D eigenvalue weighted by Crippen LogP contribution is 2.67. The molecule has 1 N–H and O–H groups in total. The molecule has 0 radical (unpaired) electrons. The van der Waals surface area contributed by atoms with Gasteiger partial charge in [0.2, 0.25) is 0 Å². The zero-order valence-electron chi connectivity index (χ0n) is 28.1. The number of quaternary nitrogens is 1. The van der Waals surface area contributed by atoms with E-state index in [0.29, 0.717) is 28.3 Å². The van der Waals surface area contributed by atoms with Crippen LogP contribution in [0.2, 0.25) is 0 Å². The van der Waals surface area contributed by atoms with E-state index in [0.717, 1.165) is 67.9 Å². The highest BCUT2D eigenvalue weighted by Gasteiger charge is 2.59. The molecule has 7 heteroatoms. The fraction of sp³-hybridized carbons (Fsp3) is 0.943. The van der Waals surface area contributed by atoms with Gasteiger partial charge in [0, 0.05) is 25.1 Å². The SMILES string of the molecule is CC(C)CCC[C@@H](C)[C@H]1CC[C@H]2[C@@H]3CC=C4C[C@@H](ONCCC[N+](C)(C)CCCS(=O)(=O)[O-])CC[C@]4(C)[C@H]3CC[C@]12C. The van der Waals surface area contributed by atoms with Crippen molar-refractivity contribution >= 4 is 10.1 Å². The Balaban J connectivity index is 1.24. The molecule has 8 atom stereocenters. The summed E-state index contributed by atoms with van der Waals surface area (Å²) in [6, 6.07) is 0. The van der Waals surface area contributed by atoms with Crippen LogP contribution >= 0.6 is 0 Å². The van der Waals surface area contributed by atoms with Gasteiger partial charge in [0.05, 0.1) is 43.4 Å². The average Bonchev–Trinajstić information content (AvgIpc) is 3.24. The van der Waals surface area contributed by atoms with Crippen molar-refractivity contribution in [1.82, 2.24) is 5.48 Å². The maximum Gasteiger partial charge on any atom is 0.0948 e. The third-order valence-corrected chi connectivity index (χ3v) is 13.5. The molecule has 0 aromatic heterocycles. The fourth-order valence-corrected chi connectivity index (χ4v) is 10.8. The van der Waals surface area contributed by atoms with Crippen LogP contribution in [0.25, 0.3) is 0 Å². The number of hydrogen-bond acceptors (Lipinski definition) is 5. The largest absolute Gasteiger partial charge is 0.748 e. The van der Waals surface area contributed by atoms with Crippen molar-refractivity contribution in [3.8, 4) is 0 Å². The monoisotopic (exact) mass is 608 g/mol. The van der Waals surface area contributed by atoms with E-state index in [9.17, 15) is 13.0 Å². The summed E-state index contributed by atoms with van der Waals surface area (Å²) in [5.74, 6) is 4.97. The Labute approximate surface area is 259 Å². The molecule has 0 unspecified atom stereocenters. The number of nitrogens with zero attached hydrogens (tertiary/aromatic N) is 1. The Kier molecular flexibility index (Phi) is 11.4. The molecule has 42 heavy (non-hydrogen) atoms. The normalized spacial score (nSPS) is 35.8. The van der Waals surface area contributed by atoms with Gasteiger partial charge in [-0.2, -0.15) is 0 Å². The van der Waals surface area contributed by atoms with Gasteiger partial charge >= 0.3 is 0 Å². The van der Waals surface area contributed by atoms with Gasteiger partial charge in [-0.3, -0.25) is 4.84 Å². The van der Waals surface area contributed by atoms with E-state index >= 15 is 0 Å². The first-order valence-corrected chi connectivity index (χ1v) is 19.1. The van der Waals surface area contributed by atoms with Gasteiger partial charge in [0.25, 0.3) is 0 Å². The maximum absolute atomic E-state index is 10.9. The fourth-order valence-electron chi connectivity index (χ4n) is 10.3. The predicted molar refractivity (Wildman–Crippen MR) is 172 cm³/mol. The summed E-state index contributed by atoms with van der Waals surface area (Å²) in [4.78, 5) is 6.21. The van der Waals surface area contributed by atoms with Crippen molar-refractivity contribution in [3.63, 3.8) is 0 Å². The molecule has 0 spiro atoms. The summed E-state index contributed by atoms with van der Waals surface area (Å²) < 4.78 is 33.4. The highest BCUT2D eigenvalue weighted by atomic mass is 32.2. The quantitative estimate of drug-likeness (QED) is 0.0693. The second-order valence-corrected chi connectivity index (χ2v) is 18.0. The van der Waals surface area contributed by atoms with E-state index in [2.05, 4.69) is 60.3 Å². The van der Waals surface area contributed by atoms with E-state index in [1.165, 1.54) is 57.8 Å². The average molecular weight is 609 g/mol.